The summed E-state index contributed by atoms with van der Waals surface area (Å²) in [6.45, 7) is 9.73. The zero-order valence-corrected chi connectivity index (χ0v) is 10.7. The fraction of sp³-hybridized carbons (Fsp3) is 0.818. The lowest BCUT2D eigenvalue weighted by Crippen LogP contribution is -2.22. The Balaban J connectivity index is 2.71. The van der Waals surface area contributed by atoms with Crippen LogP contribution in [0.2, 0.25) is 0 Å². The molecule has 5 nitrogen and oxygen atoms in total. The van der Waals surface area contributed by atoms with E-state index in [4.69, 9.17) is 9.26 Å². The number of hydrogen-bond acceptors (Lipinski definition) is 5. The van der Waals surface area contributed by atoms with Crippen molar-refractivity contribution in [2.45, 2.75) is 39.2 Å². The zero-order chi connectivity index (χ0) is 12.2. The van der Waals surface area contributed by atoms with E-state index in [2.05, 4.69) is 29.3 Å². The first-order valence-corrected chi connectivity index (χ1v) is 5.61. The van der Waals surface area contributed by atoms with E-state index in [0.29, 0.717) is 11.7 Å². The topological polar surface area (TPSA) is 60.2 Å². The third kappa shape index (κ3) is 3.02. The summed E-state index contributed by atoms with van der Waals surface area (Å²) < 4.78 is 10.5. The fourth-order valence-electron chi connectivity index (χ4n) is 1.22. The maximum absolute atomic E-state index is 5.30. The molecular weight excluding hydrogens is 206 g/mol. The molecule has 0 saturated heterocycles. The van der Waals surface area contributed by atoms with Crippen molar-refractivity contribution < 1.29 is 9.26 Å². The number of methoxy groups -OCH3 is 1. The molecule has 0 bridgehead atoms. The van der Waals surface area contributed by atoms with Crippen molar-refractivity contribution in [3.63, 3.8) is 0 Å². The van der Waals surface area contributed by atoms with Crippen LogP contribution in [-0.2, 0) is 10.3 Å². The average molecular weight is 227 g/mol. The highest BCUT2D eigenvalue weighted by Crippen LogP contribution is 2.22. The molecule has 1 heterocycles. The quantitative estimate of drug-likeness (QED) is 0.801. The van der Waals surface area contributed by atoms with Crippen molar-refractivity contribution in [3.8, 4) is 0 Å². The van der Waals surface area contributed by atoms with Gasteiger partial charge < -0.3 is 14.6 Å². The Hall–Kier alpha value is -0.940. The maximum Gasteiger partial charge on any atom is 0.230 e. The molecule has 1 unspecified atom stereocenters. The van der Waals surface area contributed by atoms with E-state index in [9.17, 15) is 0 Å². The molecule has 0 saturated carbocycles. The third-order valence-corrected chi connectivity index (χ3v) is 2.61. The molecule has 1 aromatic heterocycles. The SMILES string of the molecule is CCNCC(C)c1nc(C(C)(C)OC)no1. The van der Waals surface area contributed by atoms with Crippen LogP contribution in [-0.4, -0.2) is 30.3 Å². The minimum Gasteiger partial charge on any atom is -0.371 e. The molecule has 0 amide bonds. The van der Waals surface area contributed by atoms with Crippen molar-refractivity contribution in [3.05, 3.63) is 11.7 Å². The molecule has 0 aliphatic carbocycles. The first-order chi connectivity index (χ1) is 7.51. The van der Waals surface area contributed by atoms with Crippen molar-refractivity contribution in [2.75, 3.05) is 20.2 Å². The predicted molar refractivity (Wildman–Crippen MR) is 61.3 cm³/mol. The number of rotatable bonds is 6. The Morgan fingerprint density at radius 3 is 2.75 bits per heavy atom. The number of nitrogens with one attached hydrogen (secondary N) is 1. The zero-order valence-electron chi connectivity index (χ0n) is 10.7. The molecule has 92 valence electrons. The molecule has 0 aliphatic rings. The van der Waals surface area contributed by atoms with Crippen LogP contribution in [0.4, 0.5) is 0 Å². The van der Waals surface area contributed by atoms with Gasteiger partial charge in [-0.15, -0.1) is 0 Å². The fourth-order valence-corrected chi connectivity index (χ4v) is 1.22. The van der Waals surface area contributed by atoms with Crippen molar-refractivity contribution in [1.82, 2.24) is 15.5 Å². The molecule has 1 rings (SSSR count). The van der Waals surface area contributed by atoms with Gasteiger partial charge in [-0.2, -0.15) is 4.98 Å². The number of aromatic nitrogens is 2. The highest BCUT2D eigenvalue weighted by atomic mass is 16.5. The summed E-state index contributed by atoms with van der Waals surface area (Å²) in [4.78, 5) is 4.36. The second-order valence-electron chi connectivity index (χ2n) is 4.38. The van der Waals surface area contributed by atoms with Crippen LogP contribution in [0.15, 0.2) is 4.52 Å². The smallest absolute Gasteiger partial charge is 0.230 e. The monoisotopic (exact) mass is 227 g/mol. The van der Waals surface area contributed by atoms with Crippen LogP contribution >= 0.6 is 0 Å². The molecule has 0 aromatic carbocycles. The summed E-state index contributed by atoms with van der Waals surface area (Å²) in [5.41, 5.74) is -0.500. The largest absolute Gasteiger partial charge is 0.371 e. The highest BCUT2D eigenvalue weighted by Gasteiger charge is 2.27. The van der Waals surface area contributed by atoms with Gasteiger partial charge in [0.1, 0.15) is 5.60 Å². The van der Waals surface area contributed by atoms with E-state index in [1.165, 1.54) is 0 Å². The summed E-state index contributed by atoms with van der Waals surface area (Å²) in [5.74, 6) is 1.46. The van der Waals surface area contributed by atoms with Gasteiger partial charge in [0.15, 0.2) is 0 Å². The third-order valence-electron chi connectivity index (χ3n) is 2.61. The van der Waals surface area contributed by atoms with Crippen LogP contribution in [0, 0.1) is 0 Å². The van der Waals surface area contributed by atoms with Gasteiger partial charge in [0.25, 0.3) is 0 Å². The summed E-state index contributed by atoms with van der Waals surface area (Å²) in [6, 6.07) is 0. The lowest BCUT2D eigenvalue weighted by Gasteiger charge is -2.17. The molecule has 1 aromatic rings. The standard InChI is InChI=1S/C11H21N3O2/c1-6-12-7-8(2)9-13-10(14-16-9)11(3,4)15-5/h8,12H,6-7H2,1-5H3. The van der Waals surface area contributed by atoms with E-state index >= 15 is 0 Å². The van der Waals surface area contributed by atoms with Crippen LogP contribution < -0.4 is 5.32 Å². The van der Waals surface area contributed by atoms with Crippen molar-refractivity contribution in [2.24, 2.45) is 0 Å². The molecule has 0 aliphatic heterocycles. The minimum absolute atomic E-state index is 0.217. The van der Waals surface area contributed by atoms with Gasteiger partial charge in [-0.25, -0.2) is 0 Å². The summed E-state index contributed by atoms with van der Waals surface area (Å²) in [7, 11) is 1.64. The van der Waals surface area contributed by atoms with Crippen molar-refractivity contribution >= 4 is 0 Å². The van der Waals surface area contributed by atoms with E-state index in [1.807, 2.05) is 13.8 Å². The van der Waals surface area contributed by atoms with E-state index < -0.39 is 5.60 Å². The number of likely N-dealkylation sites (N-methyl/N-ethyl adjacent to an activating group) is 1. The van der Waals surface area contributed by atoms with Crippen LogP contribution in [0.25, 0.3) is 0 Å². The lowest BCUT2D eigenvalue weighted by atomic mass is 10.1. The van der Waals surface area contributed by atoms with Crippen LogP contribution in [0.5, 0.6) is 0 Å². The molecule has 1 atom stereocenters. The normalized spacial score (nSPS) is 14.1. The lowest BCUT2D eigenvalue weighted by molar-refractivity contribution is 0.00973. The van der Waals surface area contributed by atoms with E-state index in [1.54, 1.807) is 7.11 Å². The van der Waals surface area contributed by atoms with Gasteiger partial charge in [-0.05, 0) is 20.4 Å². The van der Waals surface area contributed by atoms with E-state index in [0.717, 1.165) is 13.1 Å². The van der Waals surface area contributed by atoms with Crippen molar-refractivity contribution in [1.29, 1.82) is 0 Å². The van der Waals surface area contributed by atoms with Gasteiger partial charge >= 0.3 is 0 Å². The Bertz CT molecular complexity index is 323. The average Bonchev–Trinajstić information content (AvgIpc) is 2.75. The summed E-state index contributed by atoms with van der Waals surface area (Å²) in [5, 5.41) is 7.20. The Morgan fingerprint density at radius 2 is 2.19 bits per heavy atom. The molecule has 1 N–H and O–H groups in total. The van der Waals surface area contributed by atoms with Crippen LogP contribution in [0.3, 0.4) is 0 Å². The first-order valence-electron chi connectivity index (χ1n) is 5.61. The number of hydrogen-bond donors (Lipinski definition) is 1. The highest BCUT2D eigenvalue weighted by molar-refractivity contribution is 5.00. The maximum atomic E-state index is 5.30. The van der Waals surface area contributed by atoms with Gasteiger partial charge in [0.05, 0.1) is 0 Å². The molecular formula is C11H21N3O2. The molecule has 0 radical (unpaired) electrons. The molecule has 5 heteroatoms. The summed E-state index contributed by atoms with van der Waals surface area (Å²) >= 11 is 0. The Kier molecular flexibility index (Phi) is 4.44. The summed E-state index contributed by atoms with van der Waals surface area (Å²) in [6.07, 6.45) is 0. The Morgan fingerprint density at radius 1 is 1.50 bits per heavy atom. The predicted octanol–water partition coefficient (Wildman–Crippen LogP) is 1.66. The van der Waals surface area contributed by atoms with Gasteiger partial charge in [0, 0.05) is 19.6 Å². The second kappa shape index (κ2) is 5.41. The van der Waals surface area contributed by atoms with Gasteiger partial charge in [0.2, 0.25) is 11.7 Å². The van der Waals surface area contributed by atoms with Gasteiger partial charge in [-0.3, -0.25) is 0 Å². The van der Waals surface area contributed by atoms with Crippen LogP contribution in [0.1, 0.15) is 45.3 Å². The van der Waals surface area contributed by atoms with E-state index in [-0.39, 0.29) is 5.92 Å². The molecule has 16 heavy (non-hydrogen) atoms. The second-order valence-corrected chi connectivity index (χ2v) is 4.38. The first kappa shape index (κ1) is 13.1. The minimum atomic E-state index is -0.500. The van der Waals surface area contributed by atoms with Gasteiger partial charge in [-0.1, -0.05) is 19.0 Å². The molecule has 0 spiro atoms. The Labute approximate surface area is 96.6 Å². The number of ether oxygens (including phenoxy) is 1. The molecule has 0 fully saturated rings. The number of nitrogens with zero attached hydrogens (tertiary/aromatic N) is 2.